The number of aromatic nitrogens is 1. The van der Waals surface area contributed by atoms with Crippen molar-refractivity contribution in [2.75, 3.05) is 26.7 Å². The largest absolute Gasteiger partial charge is 0.370 e. The highest BCUT2D eigenvalue weighted by atomic mass is 32.1. The van der Waals surface area contributed by atoms with Crippen LogP contribution in [0.3, 0.4) is 0 Å². The molecule has 1 aromatic heterocycles. The molecule has 2 aromatic carbocycles. The van der Waals surface area contributed by atoms with Crippen molar-refractivity contribution in [1.29, 1.82) is 5.41 Å². The number of aldehydes is 1. The first-order chi connectivity index (χ1) is 32.3. The van der Waals surface area contributed by atoms with E-state index in [9.17, 15) is 33.6 Å². The number of nitrogens with zero attached hydrogens (tertiary/aromatic N) is 1. The van der Waals surface area contributed by atoms with Gasteiger partial charge < -0.3 is 57.6 Å². The van der Waals surface area contributed by atoms with Gasteiger partial charge in [0, 0.05) is 61.7 Å². The molecule has 7 atom stereocenters. The molecule has 6 amide bonds. The molecule has 67 heavy (non-hydrogen) atoms. The van der Waals surface area contributed by atoms with Crippen LogP contribution < -0.4 is 43.0 Å². The summed E-state index contributed by atoms with van der Waals surface area (Å²) in [5, 5.41) is 28.4. The molecule has 0 spiro atoms. The molecular weight excluding hydrogens is 875 g/mol. The van der Waals surface area contributed by atoms with Gasteiger partial charge in [0.2, 0.25) is 35.4 Å². The number of thiol groups is 1. The van der Waals surface area contributed by atoms with Crippen LogP contribution in [0.1, 0.15) is 88.7 Å². The Kier molecular flexibility index (Phi) is 20.5. The number of aromatic amines is 1. The first-order valence-electron chi connectivity index (χ1n) is 23.5. The Hall–Kier alpha value is -5.95. The molecule has 1 saturated heterocycles. The van der Waals surface area contributed by atoms with Crippen LogP contribution in [-0.2, 0) is 46.4 Å². The summed E-state index contributed by atoms with van der Waals surface area (Å²) in [6, 6.07) is 11.3. The molecule has 18 nitrogen and oxygen atoms in total. The zero-order chi connectivity index (χ0) is 48.3. The van der Waals surface area contributed by atoms with E-state index >= 15 is 0 Å². The van der Waals surface area contributed by atoms with Gasteiger partial charge >= 0.3 is 0 Å². The van der Waals surface area contributed by atoms with Crippen LogP contribution in [0.15, 0.2) is 60.8 Å². The van der Waals surface area contributed by atoms with E-state index in [2.05, 4.69) is 54.8 Å². The fourth-order valence-corrected chi connectivity index (χ4v) is 9.48. The lowest BCUT2D eigenvalue weighted by atomic mass is 9.84. The molecule has 2 aliphatic rings. The number of likely N-dealkylation sites (N-methyl/N-ethyl adjacent to an activating group) is 1. The van der Waals surface area contributed by atoms with Crippen molar-refractivity contribution in [1.82, 2.24) is 47.1 Å². The summed E-state index contributed by atoms with van der Waals surface area (Å²) < 4.78 is 0. The molecule has 19 heteroatoms. The predicted molar refractivity (Wildman–Crippen MR) is 260 cm³/mol. The molecule has 1 aliphatic carbocycles. The Labute approximate surface area is 398 Å². The topological polar surface area (TPSA) is 273 Å². The van der Waals surface area contributed by atoms with Crippen molar-refractivity contribution in [3.63, 3.8) is 0 Å². The van der Waals surface area contributed by atoms with Gasteiger partial charge in [0.15, 0.2) is 5.96 Å². The molecule has 1 saturated carbocycles. The van der Waals surface area contributed by atoms with Gasteiger partial charge in [0.05, 0.1) is 12.1 Å². The number of hydrogen-bond donors (Lipinski definition) is 11. The van der Waals surface area contributed by atoms with Gasteiger partial charge in [-0.2, -0.15) is 12.6 Å². The molecular formula is C48H69N11O7S. The van der Waals surface area contributed by atoms with E-state index < -0.39 is 65.8 Å². The third kappa shape index (κ3) is 16.1. The second-order valence-electron chi connectivity index (χ2n) is 17.8. The number of para-hydroxylation sites is 1. The van der Waals surface area contributed by atoms with Crippen LogP contribution in [-0.4, -0.2) is 126 Å². The molecule has 0 bridgehead atoms. The Morgan fingerprint density at radius 1 is 0.791 bits per heavy atom. The molecule has 364 valence electrons. The lowest BCUT2D eigenvalue weighted by Gasteiger charge is -2.29. The summed E-state index contributed by atoms with van der Waals surface area (Å²) >= 11 is 4.51. The van der Waals surface area contributed by atoms with Crippen molar-refractivity contribution in [2.45, 2.75) is 132 Å². The fourth-order valence-electron chi connectivity index (χ4n) is 9.09. The lowest BCUT2D eigenvalue weighted by Crippen LogP contribution is -2.57. The fraction of sp³-hybridized carbons (Fsp3) is 0.542. The SMILES string of the molecule is CN[C@H](CC1CCCCC1)C(=O)NC(Cc1c[nH]c2ccccc12)C(=O)NC(CCCNC(=N)N)C(=O)NCCC[C@H](NC(=O)[C@H](Cc1ccccc1)NC(C)=O)C(=O)N1C[C@@H](S)CC1C=O. The van der Waals surface area contributed by atoms with E-state index in [1.54, 1.807) is 7.05 Å². The number of nitrogens with two attached hydrogens (primary N) is 1. The van der Waals surface area contributed by atoms with E-state index in [1.165, 1.54) is 18.2 Å². The van der Waals surface area contributed by atoms with Gasteiger partial charge in [-0.3, -0.25) is 34.2 Å². The maximum atomic E-state index is 14.4. The van der Waals surface area contributed by atoms with Gasteiger partial charge in [0.1, 0.15) is 30.5 Å². The molecule has 2 fully saturated rings. The summed E-state index contributed by atoms with van der Waals surface area (Å²) in [6.45, 7) is 1.80. The Bertz CT molecular complexity index is 2150. The molecule has 0 radical (unpaired) electrons. The second-order valence-corrected chi connectivity index (χ2v) is 18.5. The third-order valence-electron chi connectivity index (χ3n) is 12.6. The number of likely N-dealkylation sites (tertiary alicyclic amines) is 1. The summed E-state index contributed by atoms with van der Waals surface area (Å²) in [5.74, 6) is -2.72. The number of guanidine groups is 1. The highest BCUT2D eigenvalue weighted by Gasteiger charge is 2.38. The number of amides is 6. The van der Waals surface area contributed by atoms with Crippen molar-refractivity contribution < 1.29 is 33.6 Å². The first kappa shape index (κ1) is 52.0. The molecule has 1 aliphatic heterocycles. The zero-order valence-electron chi connectivity index (χ0n) is 38.6. The molecule has 2 heterocycles. The maximum absolute atomic E-state index is 14.4. The molecule has 3 aromatic rings. The van der Waals surface area contributed by atoms with Crippen LogP contribution in [0.4, 0.5) is 0 Å². The summed E-state index contributed by atoms with van der Waals surface area (Å²) in [4.78, 5) is 99.0. The first-order valence-corrected chi connectivity index (χ1v) is 24.0. The van der Waals surface area contributed by atoms with Crippen LogP contribution in [0.5, 0.6) is 0 Å². The summed E-state index contributed by atoms with van der Waals surface area (Å²) in [7, 11) is 1.74. The van der Waals surface area contributed by atoms with Crippen LogP contribution in [0.2, 0.25) is 0 Å². The smallest absolute Gasteiger partial charge is 0.245 e. The van der Waals surface area contributed by atoms with Gasteiger partial charge in [-0.15, -0.1) is 0 Å². The maximum Gasteiger partial charge on any atom is 0.245 e. The highest BCUT2D eigenvalue weighted by Crippen LogP contribution is 2.28. The number of hydrogen-bond acceptors (Lipinski definition) is 10. The van der Waals surface area contributed by atoms with Gasteiger partial charge in [-0.25, -0.2) is 0 Å². The average molecular weight is 944 g/mol. The number of fused-ring (bicyclic) bond motifs is 1. The average Bonchev–Trinajstić information content (AvgIpc) is 3.92. The van der Waals surface area contributed by atoms with Crippen LogP contribution in [0.25, 0.3) is 10.9 Å². The summed E-state index contributed by atoms with van der Waals surface area (Å²) in [5.41, 5.74) is 7.99. The number of nitrogens with one attached hydrogen (secondary N) is 9. The van der Waals surface area contributed by atoms with Crippen LogP contribution >= 0.6 is 12.6 Å². The van der Waals surface area contributed by atoms with Gasteiger partial charge in [-0.1, -0.05) is 80.6 Å². The van der Waals surface area contributed by atoms with E-state index in [-0.39, 0.29) is 68.9 Å². The van der Waals surface area contributed by atoms with Crippen molar-refractivity contribution in [3.8, 4) is 0 Å². The monoisotopic (exact) mass is 944 g/mol. The lowest BCUT2D eigenvalue weighted by molar-refractivity contribution is -0.139. The molecule has 3 unspecified atom stereocenters. The van der Waals surface area contributed by atoms with Crippen molar-refractivity contribution >= 4 is 71.2 Å². The highest BCUT2D eigenvalue weighted by molar-refractivity contribution is 7.81. The Morgan fingerprint density at radius 3 is 2.07 bits per heavy atom. The number of carbonyl (C=O) groups excluding carboxylic acids is 7. The van der Waals surface area contributed by atoms with E-state index in [4.69, 9.17) is 11.1 Å². The predicted octanol–water partition coefficient (Wildman–Crippen LogP) is 1.73. The van der Waals surface area contributed by atoms with Gasteiger partial charge in [-0.05, 0) is 68.7 Å². The Balaban J connectivity index is 1.30. The van der Waals surface area contributed by atoms with Crippen molar-refractivity contribution in [3.05, 3.63) is 71.9 Å². The zero-order valence-corrected chi connectivity index (χ0v) is 39.5. The number of rotatable bonds is 25. The molecule has 5 rings (SSSR count). The normalized spacial score (nSPS) is 18.4. The van der Waals surface area contributed by atoms with Crippen LogP contribution in [0, 0.1) is 11.3 Å². The number of benzene rings is 2. The van der Waals surface area contributed by atoms with E-state index in [0.717, 1.165) is 47.7 Å². The minimum absolute atomic E-state index is 0.0442. The Morgan fingerprint density at radius 2 is 1.40 bits per heavy atom. The quantitative estimate of drug-likeness (QED) is 0.0193. The minimum atomic E-state index is -1.11. The van der Waals surface area contributed by atoms with Gasteiger partial charge in [0.25, 0.3) is 0 Å². The van der Waals surface area contributed by atoms with Crippen molar-refractivity contribution in [2.24, 2.45) is 11.7 Å². The van der Waals surface area contributed by atoms with E-state index in [1.807, 2.05) is 60.8 Å². The van der Waals surface area contributed by atoms with E-state index in [0.29, 0.717) is 31.5 Å². The standard InChI is InChI=1S/C48H69N11O7S/c1-30(61)55-41(24-32-15-7-4-8-16-32)45(64)57-39(47(66)59-28-35(67)26-34(59)29-60)20-12-21-52-43(62)38(19-11-22-53-48(49)50)56-46(65)42(25-33-27-54-37-18-10-9-17-36(33)37)58-44(63)40(51-2)23-31-13-5-3-6-14-31/h4,7-10,15-18,27,29,31,34-35,38-42,51,54,67H,3,5-6,11-14,19-26,28H2,1-2H3,(H,52,62)(H,55,61)(H,56,65)(H,57,64)(H,58,63)(H4,49,50,53)/t34?,35-,38?,39-,40+,41-,42?/m0/s1. The number of carbonyl (C=O) groups is 7. The third-order valence-corrected chi connectivity index (χ3v) is 13.0. The molecule has 11 N–H and O–H groups in total. The number of H-pyrrole nitrogens is 1. The summed E-state index contributed by atoms with van der Waals surface area (Å²) in [6.07, 6.45) is 10.1. The minimum Gasteiger partial charge on any atom is -0.370 e. The second kappa shape index (κ2) is 26.4.